The molecule has 0 saturated carbocycles. The highest BCUT2D eigenvalue weighted by Gasteiger charge is 2.17. The Bertz CT molecular complexity index is 588. The van der Waals surface area contributed by atoms with E-state index in [2.05, 4.69) is 61.8 Å². The van der Waals surface area contributed by atoms with Crippen LogP contribution in [0.2, 0.25) is 0 Å². The van der Waals surface area contributed by atoms with Gasteiger partial charge in [-0.1, -0.05) is 34.1 Å². The number of hydrogen-bond acceptors (Lipinski definition) is 1. The van der Waals surface area contributed by atoms with Gasteiger partial charge in [0, 0.05) is 0 Å². The van der Waals surface area contributed by atoms with Gasteiger partial charge in [-0.3, -0.25) is 0 Å². The first-order chi connectivity index (χ1) is 9.45. The second kappa shape index (κ2) is 6.01. The summed E-state index contributed by atoms with van der Waals surface area (Å²) in [6.45, 7) is 8.77. The fourth-order valence-corrected chi connectivity index (χ4v) is 3.56. The molecule has 2 aromatic rings. The van der Waals surface area contributed by atoms with Crippen molar-refractivity contribution in [3.63, 3.8) is 0 Å². The predicted molar refractivity (Wildman–Crippen MR) is 89.2 cm³/mol. The smallest absolute Gasteiger partial charge is 0.118 e. The lowest BCUT2D eigenvalue weighted by atomic mass is 9.90. The van der Waals surface area contributed by atoms with Gasteiger partial charge in [0.2, 0.25) is 0 Å². The molecule has 20 heavy (non-hydrogen) atoms. The molecule has 0 radical (unpaired) electrons. The van der Waals surface area contributed by atoms with Crippen LogP contribution >= 0.6 is 15.9 Å². The first-order valence-electron chi connectivity index (χ1n) is 6.81. The number of rotatable bonds is 3. The molecule has 0 aliphatic carbocycles. The molecular formula is C18H21BrO. The van der Waals surface area contributed by atoms with E-state index in [1.807, 2.05) is 12.1 Å². The Kier molecular flexibility index (Phi) is 4.54. The molecular weight excluding hydrogens is 312 g/mol. The molecule has 0 bridgehead atoms. The molecule has 106 valence electrons. The average Bonchev–Trinajstić information content (AvgIpc) is 2.45. The van der Waals surface area contributed by atoms with Gasteiger partial charge in [-0.05, 0) is 73.2 Å². The SMILES string of the molecule is COc1ccc(C(Br)c2c(C)c(C)cc(C)c2C)cc1. The lowest BCUT2D eigenvalue weighted by Gasteiger charge is -2.20. The molecule has 0 N–H and O–H groups in total. The topological polar surface area (TPSA) is 9.23 Å². The molecule has 0 saturated heterocycles. The molecule has 0 aliphatic heterocycles. The highest BCUT2D eigenvalue weighted by molar-refractivity contribution is 9.09. The van der Waals surface area contributed by atoms with Gasteiger partial charge < -0.3 is 4.74 Å². The molecule has 1 nitrogen and oxygen atoms in total. The van der Waals surface area contributed by atoms with Crippen molar-refractivity contribution in [2.45, 2.75) is 32.5 Å². The van der Waals surface area contributed by atoms with Crippen LogP contribution in [0.3, 0.4) is 0 Å². The Morgan fingerprint density at radius 2 is 1.40 bits per heavy atom. The second-order valence-electron chi connectivity index (χ2n) is 5.31. The quantitative estimate of drug-likeness (QED) is 0.682. The lowest BCUT2D eigenvalue weighted by Crippen LogP contribution is -2.03. The summed E-state index contributed by atoms with van der Waals surface area (Å²) in [5.74, 6) is 0.891. The minimum absolute atomic E-state index is 0.215. The van der Waals surface area contributed by atoms with Gasteiger partial charge >= 0.3 is 0 Å². The van der Waals surface area contributed by atoms with E-state index in [0.29, 0.717) is 0 Å². The van der Waals surface area contributed by atoms with Gasteiger partial charge in [-0.25, -0.2) is 0 Å². The van der Waals surface area contributed by atoms with Crippen LogP contribution in [-0.4, -0.2) is 7.11 Å². The largest absolute Gasteiger partial charge is 0.497 e. The maximum Gasteiger partial charge on any atom is 0.118 e. The summed E-state index contributed by atoms with van der Waals surface area (Å²) in [5.41, 5.74) is 8.06. The van der Waals surface area contributed by atoms with E-state index < -0.39 is 0 Å². The van der Waals surface area contributed by atoms with Crippen molar-refractivity contribution in [2.24, 2.45) is 0 Å². The normalized spacial score (nSPS) is 12.3. The molecule has 0 amide bonds. The number of methoxy groups -OCH3 is 1. The van der Waals surface area contributed by atoms with Gasteiger partial charge in [-0.2, -0.15) is 0 Å². The van der Waals surface area contributed by atoms with Crippen LogP contribution in [0.25, 0.3) is 0 Å². The fourth-order valence-electron chi connectivity index (χ4n) is 2.57. The summed E-state index contributed by atoms with van der Waals surface area (Å²) in [7, 11) is 1.69. The van der Waals surface area contributed by atoms with E-state index in [0.717, 1.165) is 5.75 Å². The molecule has 2 rings (SSSR count). The Hall–Kier alpha value is -1.28. The van der Waals surface area contributed by atoms with Gasteiger partial charge in [0.1, 0.15) is 5.75 Å². The second-order valence-corrected chi connectivity index (χ2v) is 6.23. The van der Waals surface area contributed by atoms with E-state index in [-0.39, 0.29) is 4.83 Å². The van der Waals surface area contributed by atoms with Gasteiger partial charge in [0.25, 0.3) is 0 Å². The van der Waals surface area contributed by atoms with Crippen LogP contribution in [0.1, 0.15) is 38.2 Å². The van der Waals surface area contributed by atoms with Crippen LogP contribution < -0.4 is 4.74 Å². The third kappa shape index (κ3) is 2.76. The summed E-state index contributed by atoms with van der Waals surface area (Å²) < 4.78 is 5.23. The van der Waals surface area contributed by atoms with Crippen LogP contribution in [0, 0.1) is 27.7 Å². The van der Waals surface area contributed by atoms with Crippen LogP contribution in [0.5, 0.6) is 5.75 Å². The minimum atomic E-state index is 0.215. The maximum absolute atomic E-state index is 5.23. The monoisotopic (exact) mass is 332 g/mol. The lowest BCUT2D eigenvalue weighted by molar-refractivity contribution is 0.414. The van der Waals surface area contributed by atoms with Gasteiger partial charge in [-0.15, -0.1) is 0 Å². The molecule has 2 heteroatoms. The third-order valence-corrected chi connectivity index (χ3v) is 5.07. The summed E-state index contributed by atoms with van der Waals surface area (Å²) in [6, 6.07) is 10.5. The first-order valence-corrected chi connectivity index (χ1v) is 7.72. The van der Waals surface area contributed by atoms with Gasteiger partial charge in [0.15, 0.2) is 0 Å². The summed E-state index contributed by atoms with van der Waals surface area (Å²) >= 11 is 3.87. The first kappa shape index (κ1) is 15.1. The molecule has 0 heterocycles. The highest BCUT2D eigenvalue weighted by Crippen LogP contribution is 2.37. The summed E-state index contributed by atoms with van der Waals surface area (Å²) in [4.78, 5) is 0.215. The van der Waals surface area contributed by atoms with E-state index in [9.17, 15) is 0 Å². The molecule has 0 fully saturated rings. The number of ether oxygens (including phenoxy) is 1. The standard InChI is InChI=1S/C18H21BrO/c1-11-10-12(2)14(4)17(13(11)3)18(19)15-6-8-16(20-5)9-7-15/h6-10,18H,1-5H3. The van der Waals surface area contributed by atoms with Crippen molar-refractivity contribution in [2.75, 3.05) is 7.11 Å². The molecule has 1 atom stereocenters. The number of halogens is 1. The number of aryl methyl sites for hydroxylation is 2. The Balaban J connectivity index is 2.49. The van der Waals surface area contributed by atoms with Crippen LogP contribution in [0.4, 0.5) is 0 Å². The zero-order valence-corrected chi connectivity index (χ0v) is 14.3. The number of benzene rings is 2. The zero-order valence-electron chi connectivity index (χ0n) is 12.8. The molecule has 0 aromatic heterocycles. The predicted octanol–water partition coefficient (Wildman–Crippen LogP) is 5.41. The molecule has 1 unspecified atom stereocenters. The number of alkyl halides is 1. The van der Waals surface area contributed by atoms with E-state index >= 15 is 0 Å². The highest BCUT2D eigenvalue weighted by atomic mass is 79.9. The van der Waals surface area contributed by atoms with E-state index in [1.54, 1.807) is 7.11 Å². The minimum Gasteiger partial charge on any atom is -0.497 e. The van der Waals surface area contributed by atoms with Crippen molar-refractivity contribution >= 4 is 15.9 Å². The van der Waals surface area contributed by atoms with Crippen LogP contribution in [0.15, 0.2) is 30.3 Å². The Morgan fingerprint density at radius 1 is 0.900 bits per heavy atom. The molecule has 0 spiro atoms. The van der Waals surface area contributed by atoms with E-state index in [1.165, 1.54) is 33.4 Å². The summed E-state index contributed by atoms with van der Waals surface area (Å²) in [6.07, 6.45) is 0. The molecule has 0 aliphatic rings. The Labute approximate surface area is 130 Å². The number of hydrogen-bond donors (Lipinski definition) is 0. The van der Waals surface area contributed by atoms with Crippen molar-refractivity contribution < 1.29 is 4.74 Å². The molecule has 2 aromatic carbocycles. The van der Waals surface area contributed by atoms with Crippen molar-refractivity contribution in [1.82, 2.24) is 0 Å². The fraction of sp³-hybridized carbons (Fsp3) is 0.333. The maximum atomic E-state index is 5.23. The third-order valence-electron chi connectivity index (χ3n) is 4.09. The summed E-state index contributed by atoms with van der Waals surface area (Å²) in [5, 5.41) is 0. The van der Waals surface area contributed by atoms with Crippen molar-refractivity contribution in [3.05, 3.63) is 63.7 Å². The Morgan fingerprint density at radius 3 is 1.85 bits per heavy atom. The van der Waals surface area contributed by atoms with E-state index in [4.69, 9.17) is 4.74 Å². The average molecular weight is 333 g/mol. The van der Waals surface area contributed by atoms with Gasteiger partial charge in [0.05, 0.1) is 11.9 Å². The van der Waals surface area contributed by atoms with Crippen molar-refractivity contribution in [3.8, 4) is 5.75 Å². The van der Waals surface area contributed by atoms with Crippen LogP contribution in [-0.2, 0) is 0 Å². The van der Waals surface area contributed by atoms with Crippen molar-refractivity contribution in [1.29, 1.82) is 0 Å². The zero-order chi connectivity index (χ0) is 14.9.